The van der Waals surface area contributed by atoms with Crippen molar-refractivity contribution < 1.29 is 0 Å². The molecule has 0 amide bonds. The fraction of sp³-hybridized carbons (Fsp3) is 0.0877. The van der Waals surface area contributed by atoms with Gasteiger partial charge in [-0.3, -0.25) is 0 Å². The zero-order valence-corrected chi connectivity index (χ0v) is 33.8. The van der Waals surface area contributed by atoms with Gasteiger partial charge in [-0.05, 0) is 102 Å². The predicted octanol–water partition coefficient (Wildman–Crippen LogP) is 12.8. The molecule has 0 radical (unpaired) electrons. The van der Waals surface area contributed by atoms with Gasteiger partial charge < -0.3 is 9.38 Å². The summed E-state index contributed by atoms with van der Waals surface area (Å²) in [4.78, 5) is 2.75. The van der Waals surface area contributed by atoms with Crippen LogP contribution in [-0.2, 0) is 10.8 Å². The monoisotopic (exact) mass is 762 g/mol. The van der Waals surface area contributed by atoms with Crippen molar-refractivity contribution in [1.29, 1.82) is 0 Å². The molecule has 10 aromatic rings. The van der Waals surface area contributed by atoms with Crippen LogP contribution >= 0.6 is 0 Å². The molecule has 0 N–H and O–H groups in total. The second-order valence-corrected chi connectivity index (χ2v) is 18.1. The normalized spacial score (nSPS) is 17.1. The lowest BCUT2D eigenvalue weighted by Gasteiger charge is -2.51. The van der Waals surface area contributed by atoms with E-state index in [0.717, 1.165) is 0 Å². The highest BCUT2D eigenvalue weighted by molar-refractivity contribution is 6.94. The quantitative estimate of drug-likeness (QED) is 0.163. The van der Waals surface area contributed by atoms with Gasteiger partial charge in [0.05, 0.1) is 11.0 Å². The van der Waals surface area contributed by atoms with Crippen molar-refractivity contribution in [2.75, 3.05) is 4.81 Å². The van der Waals surface area contributed by atoms with Crippen LogP contribution in [0.1, 0.15) is 48.6 Å². The summed E-state index contributed by atoms with van der Waals surface area (Å²) < 4.78 is 2.73. The van der Waals surface area contributed by atoms with Crippen molar-refractivity contribution in [3.63, 3.8) is 0 Å². The van der Waals surface area contributed by atoms with Gasteiger partial charge >= 0.3 is 6.85 Å². The van der Waals surface area contributed by atoms with Gasteiger partial charge in [0, 0.05) is 44.2 Å². The third-order valence-electron chi connectivity index (χ3n) is 15.0. The SMILES string of the molecule is CC1(C)c2cccc3c2-n2c4c1c1ccccc1cc4c1c(-c4ccccc4-c4ccccc4)cc4c(c12)B3N1c2ccccc2C(C)(c2ccccc2)c2cccc-4c21. The Kier molecular flexibility index (Phi) is 6.09. The molecule has 5 heterocycles. The van der Waals surface area contributed by atoms with Gasteiger partial charge in [0.25, 0.3) is 0 Å². The highest BCUT2D eigenvalue weighted by Gasteiger charge is 2.53. The van der Waals surface area contributed by atoms with Crippen LogP contribution in [0.4, 0.5) is 11.4 Å². The van der Waals surface area contributed by atoms with E-state index in [-0.39, 0.29) is 17.7 Å². The summed E-state index contributed by atoms with van der Waals surface area (Å²) in [6.45, 7) is 7.35. The second kappa shape index (κ2) is 11.1. The number of anilines is 2. The molecule has 9 aromatic carbocycles. The Hall–Kier alpha value is -7.10. The molecule has 3 heteroatoms. The summed E-state index contributed by atoms with van der Waals surface area (Å²) in [6.07, 6.45) is 0. The molecule has 0 saturated carbocycles. The Labute approximate surface area is 350 Å². The molecule has 0 spiro atoms. The molecular formula is C57H39BN2. The fourth-order valence-electron chi connectivity index (χ4n) is 12.5. The van der Waals surface area contributed by atoms with Gasteiger partial charge in [0.1, 0.15) is 0 Å². The lowest BCUT2D eigenvalue weighted by atomic mass is 9.42. The summed E-state index contributed by atoms with van der Waals surface area (Å²) in [5.74, 6) is 0. The molecule has 1 atom stereocenters. The zero-order valence-electron chi connectivity index (χ0n) is 33.8. The van der Waals surface area contributed by atoms with E-state index in [1.54, 1.807) is 0 Å². The van der Waals surface area contributed by atoms with Crippen LogP contribution in [0.2, 0.25) is 0 Å². The molecule has 2 nitrogen and oxygen atoms in total. The highest BCUT2D eigenvalue weighted by Crippen LogP contribution is 2.60. The Morgan fingerprint density at radius 3 is 1.98 bits per heavy atom. The van der Waals surface area contributed by atoms with E-state index in [0.29, 0.717) is 0 Å². The maximum absolute atomic E-state index is 2.75. The van der Waals surface area contributed by atoms with E-state index >= 15 is 0 Å². The molecule has 14 rings (SSSR count). The Morgan fingerprint density at radius 2 is 1.13 bits per heavy atom. The minimum absolute atomic E-state index is 0.0328. The number of fused-ring (bicyclic) bond motifs is 8. The summed E-state index contributed by atoms with van der Waals surface area (Å²) in [6, 6.07) is 69.0. The van der Waals surface area contributed by atoms with Crippen molar-refractivity contribution in [3.8, 4) is 39.1 Å². The van der Waals surface area contributed by atoms with Crippen LogP contribution in [0.5, 0.6) is 0 Å². The summed E-state index contributed by atoms with van der Waals surface area (Å²) in [5.41, 5.74) is 23.4. The van der Waals surface area contributed by atoms with Crippen LogP contribution < -0.4 is 15.7 Å². The standard InChI is InChI=1S/C57H39BN2/c1-56(2)45-28-17-30-47-54(45)59-53-43(32-35-20-10-11-24-38(35)50(53)56)49-41(39-25-13-12-23-37(39)34-18-6-4-7-19-34)33-42-40-26-16-29-46-52(40)60(58(47)51(42)55(49)59)48-31-15-14-27-44(48)57(46,3)36-21-8-5-9-22-36/h4-33H,1-3H3. The number of nitrogens with zero attached hydrogens (tertiary/aromatic N) is 2. The minimum atomic E-state index is -0.360. The largest absolute Gasteiger partial charge is 0.376 e. The summed E-state index contributed by atoms with van der Waals surface area (Å²) in [7, 11) is 0. The smallest absolute Gasteiger partial charge is 0.333 e. The molecule has 4 aliphatic rings. The Balaban J connectivity index is 1.24. The average molecular weight is 763 g/mol. The lowest BCUT2D eigenvalue weighted by molar-refractivity contribution is 0.637. The van der Waals surface area contributed by atoms with Crippen molar-refractivity contribution in [2.24, 2.45) is 0 Å². The van der Waals surface area contributed by atoms with E-state index in [2.05, 4.69) is 212 Å². The van der Waals surface area contributed by atoms with E-state index < -0.39 is 0 Å². The number of hydrogen-bond acceptors (Lipinski definition) is 1. The molecule has 0 bridgehead atoms. The first kappa shape index (κ1) is 32.8. The molecule has 280 valence electrons. The van der Waals surface area contributed by atoms with Crippen molar-refractivity contribution >= 4 is 61.7 Å². The lowest BCUT2D eigenvalue weighted by Crippen LogP contribution is -2.62. The second-order valence-electron chi connectivity index (χ2n) is 18.1. The van der Waals surface area contributed by atoms with Gasteiger partial charge in [-0.25, -0.2) is 0 Å². The maximum atomic E-state index is 2.75. The molecule has 0 saturated heterocycles. The van der Waals surface area contributed by atoms with E-state index in [4.69, 9.17) is 0 Å². The first-order valence-corrected chi connectivity index (χ1v) is 21.4. The molecule has 0 aliphatic carbocycles. The van der Waals surface area contributed by atoms with Crippen molar-refractivity contribution in [1.82, 2.24) is 4.57 Å². The Morgan fingerprint density at radius 1 is 0.467 bits per heavy atom. The van der Waals surface area contributed by atoms with Crippen molar-refractivity contribution in [2.45, 2.75) is 31.6 Å². The zero-order chi connectivity index (χ0) is 39.6. The third-order valence-corrected chi connectivity index (χ3v) is 15.0. The number of aromatic nitrogens is 1. The molecular weight excluding hydrogens is 723 g/mol. The first-order valence-electron chi connectivity index (χ1n) is 21.4. The van der Waals surface area contributed by atoms with Crippen LogP contribution in [0.25, 0.3) is 71.6 Å². The molecule has 0 fully saturated rings. The van der Waals surface area contributed by atoms with Gasteiger partial charge in [-0.15, -0.1) is 0 Å². The topological polar surface area (TPSA) is 8.17 Å². The van der Waals surface area contributed by atoms with Crippen LogP contribution in [0.15, 0.2) is 182 Å². The highest BCUT2D eigenvalue weighted by atomic mass is 15.1. The molecule has 1 unspecified atom stereocenters. The van der Waals surface area contributed by atoms with E-state index in [1.807, 2.05) is 0 Å². The maximum Gasteiger partial charge on any atom is 0.333 e. The summed E-state index contributed by atoms with van der Waals surface area (Å²) >= 11 is 0. The van der Waals surface area contributed by atoms with Crippen LogP contribution in [0.3, 0.4) is 0 Å². The molecule has 60 heavy (non-hydrogen) atoms. The summed E-state index contributed by atoms with van der Waals surface area (Å²) in [5, 5.41) is 5.32. The first-order chi connectivity index (χ1) is 29.5. The van der Waals surface area contributed by atoms with E-state index in [9.17, 15) is 0 Å². The van der Waals surface area contributed by atoms with Gasteiger partial charge in [-0.1, -0.05) is 178 Å². The van der Waals surface area contributed by atoms with Crippen LogP contribution in [-0.4, -0.2) is 11.4 Å². The van der Waals surface area contributed by atoms with Gasteiger partial charge in [-0.2, -0.15) is 0 Å². The fourth-order valence-corrected chi connectivity index (χ4v) is 12.5. The minimum Gasteiger partial charge on any atom is -0.376 e. The van der Waals surface area contributed by atoms with Gasteiger partial charge in [0.15, 0.2) is 0 Å². The predicted molar refractivity (Wildman–Crippen MR) is 252 cm³/mol. The van der Waals surface area contributed by atoms with Crippen LogP contribution in [0, 0.1) is 0 Å². The molecule has 4 aliphatic heterocycles. The number of benzene rings is 9. The number of para-hydroxylation sites is 3. The third kappa shape index (κ3) is 3.75. The van der Waals surface area contributed by atoms with E-state index in [1.165, 1.54) is 122 Å². The number of rotatable bonds is 3. The molecule has 1 aromatic heterocycles. The Bertz CT molecular complexity index is 3540. The van der Waals surface area contributed by atoms with Gasteiger partial charge in [0.2, 0.25) is 0 Å². The average Bonchev–Trinajstić information content (AvgIpc) is 3.64. The number of hydrogen-bond donors (Lipinski definition) is 0. The van der Waals surface area contributed by atoms with Crippen molar-refractivity contribution in [3.05, 3.63) is 210 Å².